The Hall–Kier alpha value is -4.54. The Morgan fingerprint density at radius 2 is 1.49 bits per heavy atom. The molecule has 0 spiro atoms. The maximum Gasteiger partial charge on any atom is 0.224 e. The molecular formula is C43H52ClN5O4. The summed E-state index contributed by atoms with van der Waals surface area (Å²) in [6, 6.07) is 33.8. The van der Waals surface area contributed by atoms with E-state index in [1.54, 1.807) is 17.0 Å². The van der Waals surface area contributed by atoms with Crippen molar-refractivity contribution < 1.29 is 19.5 Å². The molecule has 1 fully saturated rings. The summed E-state index contributed by atoms with van der Waals surface area (Å²) in [6.45, 7) is 4.83. The summed E-state index contributed by atoms with van der Waals surface area (Å²) in [6.07, 6.45) is 1.04. The minimum atomic E-state index is -1.10. The van der Waals surface area contributed by atoms with Crippen LogP contribution in [-0.2, 0) is 27.3 Å². The Morgan fingerprint density at radius 1 is 0.830 bits per heavy atom. The maximum atomic E-state index is 13.9. The highest BCUT2D eigenvalue weighted by atomic mass is 35.5. The van der Waals surface area contributed by atoms with E-state index in [1.807, 2.05) is 67.6 Å². The number of hydrogen-bond donors (Lipinski definition) is 4. The van der Waals surface area contributed by atoms with Crippen LogP contribution in [0.25, 0.3) is 11.1 Å². The first kappa shape index (κ1) is 39.7. The van der Waals surface area contributed by atoms with Gasteiger partial charge in [-0.05, 0) is 52.8 Å². The minimum absolute atomic E-state index is 0.0338. The van der Waals surface area contributed by atoms with Gasteiger partial charge >= 0.3 is 0 Å². The van der Waals surface area contributed by atoms with Crippen molar-refractivity contribution in [3.63, 3.8) is 0 Å². The van der Waals surface area contributed by atoms with Crippen molar-refractivity contribution in [3.8, 4) is 11.1 Å². The van der Waals surface area contributed by atoms with E-state index in [0.717, 1.165) is 40.7 Å². The number of benzene rings is 4. The zero-order valence-corrected chi connectivity index (χ0v) is 31.3. The van der Waals surface area contributed by atoms with Crippen LogP contribution >= 0.6 is 11.6 Å². The average molecular weight is 738 g/mol. The third-order valence-electron chi connectivity index (χ3n) is 9.82. The van der Waals surface area contributed by atoms with Gasteiger partial charge in [-0.25, -0.2) is 0 Å². The van der Waals surface area contributed by atoms with E-state index in [4.69, 9.17) is 17.3 Å². The Kier molecular flexibility index (Phi) is 15.0. The van der Waals surface area contributed by atoms with E-state index in [9.17, 15) is 19.5 Å². The highest BCUT2D eigenvalue weighted by molar-refractivity contribution is 6.30. The number of piperazine rings is 1. The molecule has 4 aromatic carbocycles. The first-order valence-corrected chi connectivity index (χ1v) is 19.0. The smallest absolute Gasteiger partial charge is 0.224 e. The van der Waals surface area contributed by atoms with Gasteiger partial charge in [-0.2, -0.15) is 0 Å². The van der Waals surface area contributed by atoms with Crippen LogP contribution in [0.2, 0.25) is 5.02 Å². The molecular weight excluding hydrogens is 686 g/mol. The summed E-state index contributed by atoms with van der Waals surface area (Å²) in [7, 11) is 0. The zero-order chi connectivity index (χ0) is 37.6. The lowest BCUT2D eigenvalue weighted by Gasteiger charge is -2.42. The summed E-state index contributed by atoms with van der Waals surface area (Å²) in [4.78, 5) is 44.4. The standard InChI is InChI=1S/C43H52ClN5O4/c1-2-3-22-46-41(51)28-40(50)39(25-31-10-6-4-7-11-31)47-42(52)26-37-30-48(29-32-14-16-34(17-15-32)33-12-8-5-9-13-33)23-24-49(37)43(53)27-38(45)35-18-20-36(44)21-19-35/h4-21,37-40,50H,2-3,22-30,45H2,1H3,(H,46,51)(H,47,52)/t37?,38?,39-,40-/m0/s1. The second kappa shape index (κ2) is 20.1. The van der Waals surface area contributed by atoms with Gasteiger partial charge in [0.1, 0.15) is 0 Å². The molecule has 5 rings (SSSR count). The molecule has 5 N–H and O–H groups in total. The van der Waals surface area contributed by atoms with Gasteiger partial charge in [0.15, 0.2) is 0 Å². The fourth-order valence-corrected chi connectivity index (χ4v) is 6.96. The fourth-order valence-electron chi connectivity index (χ4n) is 6.83. The maximum absolute atomic E-state index is 13.9. The summed E-state index contributed by atoms with van der Waals surface area (Å²) >= 11 is 6.08. The number of nitrogens with zero attached hydrogens (tertiary/aromatic N) is 2. The molecule has 1 saturated heterocycles. The molecule has 1 aliphatic heterocycles. The molecule has 3 amide bonds. The second-order valence-electron chi connectivity index (χ2n) is 13.9. The molecule has 9 nitrogen and oxygen atoms in total. The molecule has 0 aromatic heterocycles. The first-order chi connectivity index (χ1) is 25.7. The van der Waals surface area contributed by atoms with E-state index in [-0.39, 0.29) is 37.0 Å². The lowest BCUT2D eigenvalue weighted by atomic mass is 9.97. The fraction of sp³-hybridized carbons (Fsp3) is 0.372. The van der Waals surface area contributed by atoms with E-state index < -0.39 is 24.2 Å². The third kappa shape index (κ3) is 12.3. The van der Waals surface area contributed by atoms with Crippen molar-refractivity contribution in [1.82, 2.24) is 20.4 Å². The van der Waals surface area contributed by atoms with E-state index in [2.05, 4.69) is 51.9 Å². The quantitative estimate of drug-likeness (QED) is 0.100. The number of carbonyl (C=O) groups excluding carboxylic acids is 3. The van der Waals surface area contributed by atoms with Crippen molar-refractivity contribution in [1.29, 1.82) is 0 Å². The molecule has 0 saturated carbocycles. The summed E-state index contributed by atoms with van der Waals surface area (Å²) in [5.41, 5.74) is 11.7. The topological polar surface area (TPSA) is 128 Å². The van der Waals surface area contributed by atoms with Crippen molar-refractivity contribution in [2.24, 2.45) is 5.73 Å². The molecule has 0 radical (unpaired) electrons. The van der Waals surface area contributed by atoms with Crippen LogP contribution in [0.5, 0.6) is 0 Å². The van der Waals surface area contributed by atoms with Crippen LogP contribution < -0.4 is 16.4 Å². The summed E-state index contributed by atoms with van der Waals surface area (Å²) in [5, 5.41) is 17.7. The van der Waals surface area contributed by atoms with E-state index in [1.165, 1.54) is 0 Å². The van der Waals surface area contributed by atoms with Gasteiger partial charge in [0, 0.05) is 56.6 Å². The van der Waals surface area contributed by atoms with Crippen LogP contribution in [0.4, 0.5) is 0 Å². The molecule has 53 heavy (non-hydrogen) atoms. The highest BCUT2D eigenvalue weighted by Crippen LogP contribution is 2.24. The lowest BCUT2D eigenvalue weighted by molar-refractivity contribution is -0.138. The van der Waals surface area contributed by atoms with Crippen LogP contribution in [-0.4, -0.2) is 77.0 Å². The van der Waals surface area contributed by atoms with Crippen LogP contribution in [0.1, 0.15) is 61.8 Å². The number of halogens is 1. The minimum Gasteiger partial charge on any atom is -0.390 e. The normalized spacial score (nSPS) is 16.4. The molecule has 4 aromatic rings. The van der Waals surface area contributed by atoms with Crippen LogP contribution in [0.15, 0.2) is 109 Å². The molecule has 280 valence electrons. The first-order valence-electron chi connectivity index (χ1n) is 18.6. The van der Waals surface area contributed by atoms with Crippen molar-refractivity contribution in [3.05, 3.63) is 131 Å². The van der Waals surface area contributed by atoms with Gasteiger partial charge in [0.2, 0.25) is 17.7 Å². The van der Waals surface area contributed by atoms with E-state index >= 15 is 0 Å². The Morgan fingerprint density at radius 3 is 2.17 bits per heavy atom. The number of aliphatic hydroxyl groups is 1. The number of carbonyl (C=O) groups is 3. The molecule has 1 heterocycles. The zero-order valence-electron chi connectivity index (χ0n) is 30.5. The number of rotatable bonds is 17. The third-order valence-corrected chi connectivity index (χ3v) is 10.1. The SMILES string of the molecule is CCCCNC(=O)C[C@H](O)[C@H](Cc1ccccc1)NC(=O)CC1CN(Cc2ccc(-c3ccccc3)cc2)CCN1C(=O)CC(N)c1ccc(Cl)cc1. The second-order valence-corrected chi connectivity index (χ2v) is 14.4. The molecule has 2 unspecified atom stereocenters. The number of aliphatic hydroxyl groups excluding tert-OH is 1. The van der Waals surface area contributed by atoms with Crippen molar-refractivity contribution in [2.75, 3.05) is 26.2 Å². The van der Waals surface area contributed by atoms with E-state index in [0.29, 0.717) is 44.2 Å². The number of amides is 3. The highest BCUT2D eigenvalue weighted by Gasteiger charge is 2.34. The van der Waals surface area contributed by atoms with Gasteiger partial charge < -0.3 is 26.4 Å². The Balaban J connectivity index is 1.29. The van der Waals surface area contributed by atoms with Crippen molar-refractivity contribution in [2.45, 2.75) is 76.2 Å². The van der Waals surface area contributed by atoms with Gasteiger partial charge in [-0.15, -0.1) is 0 Å². The number of nitrogens with one attached hydrogen (secondary N) is 2. The molecule has 10 heteroatoms. The molecule has 0 aliphatic carbocycles. The number of hydrogen-bond acceptors (Lipinski definition) is 6. The number of unbranched alkanes of at least 4 members (excludes halogenated alkanes) is 1. The van der Waals surface area contributed by atoms with Crippen LogP contribution in [0.3, 0.4) is 0 Å². The van der Waals surface area contributed by atoms with Crippen LogP contribution in [0, 0.1) is 0 Å². The Labute approximate surface area is 318 Å². The van der Waals surface area contributed by atoms with Gasteiger partial charge in [0.05, 0.1) is 24.6 Å². The Bertz CT molecular complexity index is 1740. The number of nitrogens with two attached hydrogens (primary N) is 1. The summed E-state index contributed by atoms with van der Waals surface area (Å²) in [5.74, 6) is -0.677. The molecule has 1 aliphatic rings. The molecule has 4 atom stereocenters. The monoisotopic (exact) mass is 737 g/mol. The average Bonchev–Trinajstić information content (AvgIpc) is 3.16. The van der Waals surface area contributed by atoms with Gasteiger partial charge in [-0.3, -0.25) is 19.3 Å². The van der Waals surface area contributed by atoms with Crippen molar-refractivity contribution >= 4 is 29.3 Å². The summed E-state index contributed by atoms with van der Waals surface area (Å²) < 4.78 is 0. The van der Waals surface area contributed by atoms with Gasteiger partial charge in [-0.1, -0.05) is 122 Å². The largest absolute Gasteiger partial charge is 0.390 e. The van der Waals surface area contributed by atoms with Gasteiger partial charge in [0.25, 0.3) is 0 Å². The lowest BCUT2D eigenvalue weighted by Crippen LogP contribution is -2.57. The predicted octanol–water partition coefficient (Wildman–Crippen LogP) is 5.89. The molecule has 0 bridgehead atoms. The predicted molar refractivity (Wildman–Crippen MR) is 211 cm³/mol.